The third-order valence-electron chi connectivity index (χ3n) is 1.62. The fraction of sp³-hybridized carbons (Fsp3) is 0.400. The van der Waals surface area contributed by atoms with E-state index in [2.05, 4.69) is 11.6 Å². The molecule has 0 amide bonds. The molecule has 14 heavy (non-hydrogen) atoms. The van der Waals surface area contributed by atoms with Gasteiger partial charge in [0.05, 0.1) is 18.0 Å². The summed E-state index contributed by atoms with van der Waals surface area (Å²) < 4.78 is 4.81. The van der Waals surface area contributed by atoms with E-state index in [4.69, 9.17) is 4.74 Å². The molecule has 0 aliphatic rings. The molecule has 0 saturated heterocycles. The predicted octanol–water partition coefficient (Wildman–Crippen LogP) is 2.28. The van der Waals surface area contributed by atoms with Crippen LogP contribution in [0, 0.1) is 0 Å². The van der Waals surface area contributed by atoms with Crippen LogP contribution in [0.1, 0.15) is 23.2 Å². The van der Waals surface area contributed by atoms with Gasteiger partial charge >= 0.3 is 5.97 Å². The Morgan fingerprint density at radius 1 is 1.79 bits per heavy atom. The van der Waals surface area contributed by atoms with Crippen LogP contribution in [0.2, 0.25) is 0 Å². The van der Waals surface area contributed by atoms with Gasteiger partial charge in [-0.1, -0.05) is 12.7 Å². The molecule has 76 valence electrons. The molecule has 1 aromatic rings. The summed E-state index contributed by atoms with van der Waals surface area (Å²) in [4.78, 5) is 16.2. The number of hydrogen-bond donors (Lipinski definition) is 0. The molecule has 0 aliphatic carbocycles. The zero-order valence-corrected chi connectivity index (χ0v) is 8.97. The number of hydrogen-bond acceptors (Lipinski definition) is 4. The minimum Gasteiger partial charge on any atom is -0.466 e. The van der Waals surface area contributed by atoms with E-state index in [1.165, 1.54) is 0 Å². The fourth-order valence-corrected chi connectivity index (χ4v) is 1.75. The summed E-state index contributed by atoms with van der Waals surface area (Å²) in [6.45, 7) is 5.89. The van der Waals surface area contributed by atoms with Crippen molar-refractivity contribution in [1.29, 1.82) is 0 Å². The van der Waals surface area contributed by atoms with Crippen LogP contribution in [-0.2, 0) is 16.0 Å². The molecule has 0 aliphatic heterocycles. The highest BCUT2D eigenvalue weighted by Crippen LogP contribution is 2.15. The average Bonchev–Trinajstić information content (AvgIpc) is 2.63. The summed E-state index contributed by atoms with van der Waals surface area (Å²) in [5.41, 5.74) is 0. The van der Waals surface area contributed by atoms with Crippen molar-refractivity contribution in [2.45, 2.75) is 19.8 Å². The molecule has 0 fully saturated rings. The van der Waals surface area contributed by atoms with Crippen molar-refractivity contribution < 1.29 is 9.53 Å². The van der Waals surface area contributed by atoms with Crippen molar-refractivity contribution in [1.82, 2.24) is 4.98 Å². The van der Waals surface area contributed by atoms with Crippen LogP contribution in [0.3, 0.4) is 0 Å². The number of carbonyl (C=O) groups is 1. The van der Waals surface area contributed by atoms with Gasteiger partial charge in [-0.15, -0.1) is 11.3 Å². The molecule has 0 unspecified atom stereocenters. The van der Waals surface area contributed by atoms with Crippen LogP contribution in [0.25, 0.3) is 6.08 Å². The number of esters is 1. The number of rotatable bonds is 5. The van der Waals surface area contributed by atoms with Gasteiger partial charge in [0.15, 0.2) is 0 Å². The van der Waals surface area contributed by atoms with Crippen molar-refractivity contribution in [3.8, 4) is 0 Å². The molecule has 0 bridgehead atoms. The molecule has 0 N–H and O–H groups in total. The monoisotopic (exact) mass is 211 g/mol. The smallest absolute Gasteiger partial charge is 0.306 e. The first-order valence-electron chi connectivity index (χ1n) is 4.49. The molecule has 1 aromatic heterocycles. The normalized spacial score (nSPS) is 9.79. The van der Waals surface area contributed by atoms with Crippen LogP contribution in [-0.4, -0.2) is 17.6 Å². The second-order valence-electron chi connectivity index (χ2n) is 2.67. The van der Waals surface area contributed by atoms with Gasteiger partial charge in [-0.25, -0.2) is 4.98 Å². The van der Waals surface area contributed by atoms with E-state index < -0.39 is 0 Å². The minimum absolute atomic E-state index is 0.164. The lowest BCUT2D eigenvalue weighted by molar-refractivity contribution is -0.143. The standard InChI is InChI=1S/C10H13NO2S/c1-3-8-7-11-9(14-8)5-6-10(12)13-4-2/h3,7H,1,4-6H2,2H3. The second kappa shape index (κ2) is 5.54. The second-order valence-corrected chi connectivity index (χ2v) is 3.81. The van der Waals surface area contributed by atoms with Crippen LogP contribution in [0.15, 0.2) is 12.8 Å². The number of ether oxygens (including phenoxy) is 1. The van der Waals surface area contributed by atoms with Gasteiger partial charge in [-0.05, 0) is 6.92 Å². The molecule has 0 saturated carbocycles. The van der Waals surface area contributed by atoms with Gasteiger partial charge < -0.3 is 4.74 Å². The summed E-state index contributed by atoms with van der Waals surface area (Å²) in [5.74, 6) is -0.164. The van der Waals surface area contributed by atoms with E-state index >= 15 is 0 Å². The van der Waals surface area contributed by atoms with E-state index in [9.17, 15) is 4.79 Å². The Bertz CT molecular complexity index is 320. The van der Waals surface area contributed by atoms with E-state index in [0.29, 0.717) is 19.4 Å². The summed E-state index contributed by atoms with van der Waals surface area (Å²) >= 11 is 1.56. The quantitative estimate of drug-likeness (QED) is 0.701. The maximum absolute atomic E-state index is 11.0. The Morgan fingerprint density at radius 2 is 2.57 bits per heavy atom. The van der Waals surface area contributed by atoms with E-state index in [1.807, 2.05) is 0 Å². The molecule has 0 atom stereocenters. The largest absolute Gasteiger partial charge is 0.466 e. The van der Waals surface area contributed by atoms with Gasteiger partial charge in [0.2, 0.25) is 0 Å². The third-order valence-corrected chi connectivity index (χ3v) is 2.67. The minimum atomic E-state index is -0.164. The third kappa shape index (κ3) is 3.30. The maximum Gasteiger partial charge on any atom is 0.306 e. The van der Waals surface area contributed by atoms with E-state index in [1.54, 1.807) is 30.5 Å². The Balaban J connectivity index is 2.37. The molecule has 1 heterocycles. The summed E-state index contributed by atoms with van der Waals surface area (Å²) in [7, 11) is 0. The topological polar surface area (TPSA) is 39.2 Å². The van der Waals surface area contributed by atoms with Crippen LogP contribution < -0.4 is 0 Å². The Labute approximate surface area is 87.4 Å². The summed E-state index contributed by atoms with van der Waals surface area (Å²) in [5, 5.41) is 0.952. The Kier molecular flexibility index (Phi) is 4.32. The SMILES string of the molecule is C=Cc1cnc(CCC(=O)OCC)s1. The van der Waals surface area contributed by atoms with Gasteiger partial charge in [0.25, 0.3) is 0 Å². The molecule has 0 spiro atoms. The molecule has 1 rings (SSSR count). The van der Waals surface area contributed by atoms with Crippen molar-refractivity contribution in [2.24, 2.45) is 0 Å². The van der Waals surface area contributed by atoms with E-state index in [0.717, 1.165) is 9.88 Å². The van der Waals surface area contributed by atoms with Crippen LogP contribution in [0.4, 0.5) is 0 Å². The highest BCUT2D eigenvalue weighted by atomic mass is 32.1. The Hall–Kier alpha value is -1.16. The van der Waals surface area contributed by atoms with Crippen molar-refractivity contribution in [3.05, 3.63) is 22.7 Å². The molecule has 0 radical (unpaired) electrons. The highest BCUT2D eigenvalue weighted by Gasteiger charge is 2.05. The zero-order valence-electron chi connectivity index (χ0n) is 8.16. The fourth-order valence-electron chi connectivity index (χ4n) is 0.976. The number of aromatic nitrogens is 1. The number of thiazole rings is 1. The lowest BCUT2D eigenvalue weighted by Crippen LogP contribution is -2.04. The number of nitrogens with zero attached hydrogens (tertiary/aromatic N) is 1. The first-order valence-corrected chi connectivity index (χ1v) is 5.30. The van der Waals surface area contributed by atoms with Crippen molar-refractivity contribution in [2.75, 3.05) is 6.61 Å². The zero-order chi connectivity index (χ0) is 10.4. The molecule has 4 heteroatoms. The van der Waals surface area contributed by atoms with Crippen molar-refractivity contribution >= 4 is 23.4 Å². The van der Waals surface area contributed by atoms with Gasteiger partial charge in [0, 0.05) is 17.5 Å². The lowest BCUT2D eigenvalue weighted by Gasteiger charge is -1.98. The molecule has 0 aromatic carbocycles. The Morgan fingerprint density at radius 3 is 3.14 bits per heavy atom. The van der Waals surface area contributed by atoms with Gasteiger partial charge in [0.1, 0.15) is 0 Å². The first-order chi connectivity index (χ1) is 6.76. The highest BCUT2D eigenvalue weighted by molar-refractivity contribution is 7.12. The summed E-state index contributed by atoms with van der Waals surface area (Å²) in [6, 6.07) is 0. The lowest BCUT2D eigenvalue weighted by atomic mass is 10.3. The van der Waals surface area contributed by atoms with Crippen molar-refractivity contribution in [3.63, 3.8) is 0 Å². The van der Waals surface area contributed by atoms with E-state index in [-0.39, 0.29) is 5.97 Å². The number of carbonyl (C=O) groups excluding carboxylic acids is 1. The summed E-state index contributed by atoms with van der Waals surface area (Å²) in [6.07, 6.45) is 4.57. The number of aryl methyl sites for hydroxylation is 1. The molecular weight excluding hydrogens is 198 g/mol. The van der Waals surface area contributed by atoms with Crippen LogP contribution in [0.5, 0.6) is 0 Å². The molecule has 3 nitrogen and oxygen atoms in total. The predicted molar refractivity (Wildman–Crippen MR) is 57.2 cm³/mol. The van der Waals surface area contributed by atoms with Gasteiger partial charge in [-0.3, -0.25) is 4.79 Å². The maximum atomic E-state index is 11.0. The van der Waals surface area contributed by atoms with Gasteiger partial charge in [-0.2, -0.15) is 0 Å². The molecular formula is C10H13NO2S. The average molecular weight is 211 g/mol. The van der Waals surface area contributed by atoms with Crippen LogP contribution >= 0.6 is 11.3 Å². The first kappa shape index (κ1) is 10.9.